The summed E-state index contributed by atoms with van der Waals surface area (Å²) in [6, 6.07) is 6.20. The van der Waals surface area contributed by atoms with Crippen molar-refractivity contribution in [3.05, 3.63) is 40.1 Å². The summed E-state index contributed by atoms with van der Waals surface area (Å²) in [7, 11) is 0. The van der Waals surface area contributed by atoms with E-state index in [1.165, 1.54) is 9.88 Å². The predicted octanol–water partition coefficient (Wildman–Crippen LogP) is 4.24. The molecule has 4 nitrogen and oxygen atoms in total. The first kappa shape index (κ1) is 14.1. The number of thiazole rings is 1. The van der Waals surface area contributed by atoms with Crippen LogP contribution in [0.1, 0.15) is 36.5 Å². The van der Waals surface area contributed by atoms with Gasteiger partial charge in [0.05, 0.1) is 22.6 Å². The molecule has 0 bridgehead atoms. The van der Waals surface area contributed by atoms with Crippen molar-refractivity contribution in [2.45, 2.75) is 39.7 Å². The van der Waals surface area contributed by atoms with Gasteiger partial charge in [0.2, 0.25) is 0 Å². The maximum absolute atomic E-state index is 4.52. The molecule has 0 fully saturated rings. The van der Waals surface area contributed by atoms with Gasteiger partial charge in [-0.05, 0) is 25.1 Å². The first-order valence-electron chi connectivity index (χ1n) is 7.07. The number of benzene rings is 1. The van der Waals surface area contributed by atoms with Gasteiger partial charge in [-0.3, -0.25) is 0 Å². The van der Waals surface area contributed by atoms with E-state index in [1.54, 1.807) is 11.3 Å². The zero-order valence-electron chi connectivity index (χ0n) is 12.8. The summed E-state index contributed by atoms with van der Waals surface area (Å²) in [5.74, 6) is 0.944. The molecule has 0 aliphatic carbocycles. The Morgan fingerprint density at radius 1 is 1.29 bits per heavy atom. The van der Waals surface area contributed by atoms with Gasteiger partial charge in [0.1, 0.15) is 5.82 Å². The highest BCUT2D eigenvalue weighted by Crippen LogP contribution is 2.27. The topological polar surface area (TPSA) is 53.6 Å². The van der Waals surface area contributed by atoms with E-state index in [0.717, 1.165) is 29.1 Å². The lowest BCUT2D eigenvalue weighted by Gasteiger charge is -2.13. The Morgan fingerprint density at radius 3 is 2.81 bits per heavy atom. The Hall–Kier alpha value is -1.88. The van der Waals surface area contributed by atoms with Gasteiger partial charge >= 0.3 is 0 Å². The highest BCUT2D eigenvalue weighted by atomic mass is 32.1. The normalized spacial score (nSPS) is 12.0. The molecule has 0 saturated heterocycles. The second-order valence-corrected chi connectivity index (χ2v) is 7.40. The molecule has 0 spiro atoms. The minimum absolute atomic E-state index is 0.120. The molecule has 0 atom stereocenters. The van der Waals surface area contributed by atoms with Crippen LogP contribution in [-0.2, 0) is 12.0 Å². The molecule has 0 amide bonds. The fourth-order valence-corrected chi connectivity index (χ4v) is 3.08. The van der Waals surface area contributed by atoms with Gasteiger partial charge in [0.15, 0.2) is 0 Å². The van der Waals surface area contributed by atoms with E-state index < -0.39 is 0 Å². The number of nitrogens with zero attached hydrogens (tertiary/aromatic N) is 2. The van der Waals surface area contributed by atoms with E-state index in [4.69, 9.17) is 0 Å². The summed E-state index contributed by atoms with van der Waals surface area (Å²) < 4.78 is 0. The highest BCUT2D eigenvalue weighted by Gasteiger charge is 2.17. The van der Waals surface area contributed by atoms with Gasteiger partial charge in [-0.2, -0.15) is 0 Å². The fourth-order valence-electron chi connectivity index (χ4n) is 2.17. The second-order valence-electron chi connectivity index (χ2n) is 6.29. The van der Waals surface area contributed by atoms with Gasteiger partial charge < -0.3 is 10.3 Å². The lowest BCUT2D eigenvalue weighted by Crippen LogP contribution is -2.09. The molecule has 3 rings (SSSR count). The summed E-state index contributed by atoms with van der Waals surface area (Å²) in [4.78, 5) is 13.4. The number of imidazole rings is 1. The van der Waals surface area contributed by atoms with E-state index in [0.29, 0.717) is 0 Å². The van der Waals surface area contributed by atoms with Crippen LogP contribution in [0, 0.1) is 6.92 Å². The Balaban J connectivity index is 1.72. The third-order valence-electron chi connectivity index (χ3n) is 3.26. The molecule has 0 saturated carbocycles. The quantitative estimate of drug-likeness (QED) is 0.760. The second kappa shape index (κ2) is 5.15. The average molecular weight is 300 g/mol. The van der Waals surface area contributed by atoms with Gasteiger partial charge in [0.25, 0.3) is 0 Å². The van der Waals surface area contributed by atoms with E-state index >= 15 is 0 Å². The monoisotopic (exact) mass is 300 g/mol. The van der Waals surface area contributed by atoms with Crippen molar-refractivity contribution in [1.82, 2.24) is 15.0 Å². The van der Waals surface area contributed by atoms with Crippen molar-refractivity contribution < 1.29 is 0 Å². The van der Waals surface area contributed by atoms with Gasteiger partial charge in [-0.15, -0.1) is 11.3 Å². The van der Waals surface area contributed by atoms with Crippen LogP contribution in [0.5, 0.6) is 0 Å². The van der Waals surface area contributed by atoms with Crippen LogP contribution in [0.25, 0.3) is 11.0 Å². The minimum Gasteiger partial charge on any atom is -0.380 e. The number of aryl methyl sites for hydroxylation is 1. The number of aromatic nitrogens is 3. The predicted molar refractivity (Wildman–Crippen MR) is 89.0 cm³/mol. The van der Waals surface area contributed by atoms with Crippen molar-refractivity contribution in [3.8, 4) is 0 Å². The van der Waals surface area contributed by atoms with Crippen molar-refractivity contribution in [2.24, 2.45) is 0 Å². The van der Waals surface area contributed by atoms with Crippen LogP contribution in [0.15, 0.2) is 24.4 Å². The molecule has 0 unspecified atom stereocenters. The van der Waals surface area contributed by atoms with E-state index in [9.17, 15) is 0 Å². The Bertz CT molecular complexity index is 764. The van der Waals surface area contributed by atoms with Crippen molar-refractivity contribution in [2.75, 3.05) is 5.32 Å². The number of hydrogen-bond acceptors (Lipinski definition) is 4. The molecule has 0 aliphatic heterocycles. The number of rotatable bonds is 3. The zero-order valence-corrected chi connectivity index (χ0v) is 13.6. The highest BCUT2D eigenvalue weighted by molar-refractivity contribution is 7.11. The Kier molecular flexibility index (Phi) is 3.45. The third-order valence-corrected chi connectivity index (χ3v) is 4.69. The Morgan fingerprint density at radius 2 is 2.10 bits per heavy atom. The number of nitrogens with one attached hydrogen (secondary N) is 2. The molecule has 2 heterocycles. The van der Waals surface area contributed by atoms with Crippen LogP contribution in [0.2, 0.25) is 0 Å². The Labute approximate surface area is 128 Å². The minimum atomic E-state index is 0.120. The molecule has 21 heavy (non-hydrogen) atoms. The van der Waals surface area contributed by atoms with Crippen LogP contribution in [-0.4, -0.2) is 15.0 Å². The van der Waals surface area contributed by atoms with Gasteiger partial charge in [-0.25, -0.2) is 9.97 Å². The number of anilines is 1. The van der Waals surface area contributed by atoms with Crippen LogP contribution >= 0.6 is 11.3 Å². The van der Waals surface area contributed by atoms with Crippen molar-refractivity contribution in [1.29, 1.82) is 0 Å². The van der Waals surface area contributed by atoms with E-state index in [1.807, 2.05) is 19.2 Å². The zero-order chi connectivity index (χ0) is 15.0. The van der Waals surface area contributed by atoms with Crippen LogP contribution in [0.3, 0.4) is 0 Å². The third kappa shape index (κ3) is 3.08. The largest absolute Gasteiger partial charge is 0.380 e. The molecule has 2 aromatic heterocycles. The molecule has 0 aliphatic rings. The maximum atomic E-state index is 4.52. The SMILES string of the molecule is Cc1nc2ccc(NCc3cnc(C(C)(C)C)s3)cc2[nH]1. The molecule has 0 radical (unpaired) electrons. The molecule has 110 valence electrons. The summed E-state index contributed by atoms with van der Waals surface area (Å²) in [6.45, 7) is 9.34. The lowest BCUT2D eigenvalue weighted by molar-refractivity contribution is 0.585. The summed E-state index contributed by atoms with van der Waals surface area (Å²) in [5.41, 5.74) is 3.29. The smallest absolute Gasteiger partial charge is 0.104 e. The van der Waals surface area contributed by atoms with Gasteiger partial charge in [0, 0.05) is 22.2 Å². The number of H-pyrrole nitrogens is 1. The van der Waals surface area contributed by atoms with Gasteiger partial charge in [-0.1, -0.05) is 20.8 Å². The van der Waals surface area contributed by atoms with Crippen molar-refractivity contribution >= 4 is 28.1 Å². The standard InChI is InChI=1S/C16H20N4S/c1-10-19-13-6-5-11(7-14(13)20-10)17-8-12-9-18-15(21-12)16(2,3)4/h5-7,9,17H,8H2,1-4H3,(H,19,20). The first-order chi connectivity index (χ1) is 9.91. The fraction of sp³-hybridized carbons (Fsp3) is 0.375. The van der Waals surface area contributed by atoms with E-state index in [2.05, 4.69) is 53.2 Å². The van der Waals surface area contributed by atoms with Crippen LogP contribution in [0.4, 0.5) is 5.69 Å². The average Bonchev–Trinajstić information content (AvgIpc) is 3.00. The summed E-state index contributed by atoms with van der Waals surface area (Å²) in [5, 5.41) is 4.63. The molecule has 3 aromatic rings. The van der Waals surface area contributed by atoms with E-state index in [-0.39, 0.29) is 5.41 Å². The molecule has 1 aromatic carbocycles. The van der Waals surface area contributed by atoms with Crippen LogP contribution < -0.4 is 5.32 Å². The lowest BCUT2D eigenvalue weighted by atomic mass is 9.98. The molecule has 5 heteroatoms. The molecular formula is C16H20N4S. The number of aromatic amines is 1. The molecule has 2 N–H and O–H groups in total. The number of hydrogen-bond donors (Lipinski definition) is 2. The maximum Gasteiger partial charge on any atom is 0.104 e. The molecular weight excluding hydrogens is 280 g/mol. The first-order valence-corrected chi connectivity index (χ1v) is 7.89. The number of fused-ring (bicyclic) bond motifs is 1. The summed E-state index contributed by atoms with van der Waals surface area (Å²) in [6.07, 6.45) is 1.97. The summed E-state index contributed by atoms with van der Waals surface area (Å²) >= 11 is 1.77. The van der Waals surface area contributed by atoms with Crippen molar-refractivity contribution in [3.63, 3.8) is 0 Å².